The second kappa shape index (κ2) is 9.70. The minimum Gasteiger partial charge on any atom is -0.497 e. The molecule has 30 heavy (non-hydrogen) atoms. The van der Waals surface area contributed by atoms with Gasteiger partial charge in [-0.15, -0.1) is 0 Å². The second-order valence-electron chi connectivity index (χ2n) is 6.83. The van der Waals surface area contributed by atoms with Crippen molar-refractivity contribution in [2.24, 2.45) is 0 Å². The molecule has 0 amide bonds. The van der Waals surface area contributed by atoms with E-state index in [2.05, 4.69) is 6.07 Å². The number of aryl methyl sites for hydroxylation is 1. The van der Waals surface area contributed by atoms with Gasteiger partial charge in [-0.25, -0.2) is 4.79 Å². The van der Waals surface area contributed by atoms with Gasteiger partial charge in [-0.1, -0.05) is 48.0 Å². The second-order valence-corrected chi connectivity index (χ2v) is 6.83. The lowest BCUT2D eigenvalue weighted by Crippen LogP contribution is -1.99. The highest BCUT2D eigenvalue weighted by Gasteiger charge is 2.11. The molecule has 0 aliphatic carbocycles. The summed E-state index contributed by atoms with van der Waals surface area (Å²) < 4.78 is 10.3. The molecule has 0 aliphatic heterocycles. The summed E-state index contributed by atoms with van der Waals surface area (Å²) in [6.07, 6.45) is 3.97. The van der Waals surface area contributed by atoms with Crippen LogP contribution in [0.2, 0.25) is 0 Å². The Morgan fingerprint density at radius 1 is 0.933 bits per heavy atom. The normalized spacial score (nSPS) is 10.8. The molecule has 0 aromatic heterocycles. The van der Waals surface area contributed by atoms with E-state index < -0.39 is 5.97 Å². The van der Waals surface area contributed by atoms with Crippen molar-refractivity contribution in [2.45, 2.75) is 13.8 Å². The van der Waals surface area contributed by atoms with Crippen molar-refractivity contribution in [3.63, 3.8) is 0 Å². The van der Waals surface area contributed by atoms with Gasteiger partial charge in [-0.05, 0) is 65.9 Å². The van der Waals surface area contributed by atoms with Crippen LogP contribution in [-0.2, 0) is 9.53 Å². The Labute approximate surface area is 176 Å². The quantitative estimate of drug-likeness (QED) is 0.289. The fourth-order valence-electron chi connectivity index (χ4n) is 3.32. The van der Waals surface area contributed by atoms with E-state index in [1.165, 1.54) is 6.08 Å². The number of ether oxygens (including phenoxy) is 2. The Morgan fingerprint density at radius 3 is 2.37 bits per heavy atom. The van der Waals surface area contributed by atoms with Crippen LogP contribution < -0.4 is 4.74 Å². The van der Waals surface area contributed by atoms with Crippen LogP contribution in [0, 0.1) is 6.92 Å². The van der Waals surface area contributed by atoms with Gasteiger partial charge in [0.2, 0.25) is 0 Å². The van der Waals surface area contributed by atoms with Crippen LogP contribution in [0.25, 0.3) is 28.3 Å². The number of esters is 1. The fraction of sp³-hybridized carbons (Fsp3) is 0.154. The summed E-state index contributed by atoms with van der Waals surface area (Å²) in [6, 6.07) is 19.5. The Bertz CT molecular complexity index is 1100. The highest BCUT2D eigenvalue weighted by Crippen LogP contribution is 2.32. The summed E-state index contributed by atoms with van der Waals surface area (Å²) in [4.78, 5) is 23.6. The van der Waals surface area contributed by atoms with Crippen molar-refractivity contribution in [1.82, 2.24) is 0 Å². The molecule has 0 aliphatic rings. The number of carbonyl (C=O) groups excluding carboxylic acids is 2. The van der Waals surface area contributed by atoms with Gasteiger partial charge >= 0.3 is 5.97 Å². The number of hydrogen-bond acceptors (Lipinski definition) is 4. The molecule has 3 aromatic rings. The molecular weight excluding hydrogens is 376 g/mol. The van der Waals surface area contributed by atoms with E-state index in [-0.39, 0.29) is 0 Å². The van der Waals surface area contributed by atoms with Gasteiger partial charge in [0.05, 0.1) is 13.7 Å². The van der Waals surface area contributed by atoms with Gasteiger partial charge < -0.3 is 9.47 Å². The number of aldehydes is 1. The van der Waals surface area contributed by atoms with Crippen molar-refractivity contribution in [1.29, 1.82) is 0 Å². The molecule has 0 fully saturated rings. The number of carbonyl (C=O) groups is 2. The summed E-state index contributed by atoms with van der Waals surface area (Å²) in [7, 11) is 1.59. The first-order chi connectivity index (χ1) is 14.5. The third-order valence-electron chi connectivity index (χ3n) is 4.76. The topological polar surface area (TPSA) is 52.6 Å². The smallest absolute Gasteiger partial charge is 0.330 e. The first kappa shape index (κ1) is 21.1. The highest BCUT2D eigenvalue weighted by atomic mass is 16.5. The summed E-state index contributed by atoms with van der Waals surface area (Å²) >= 11 is 0. The molecule has 0 radical (unpaired) electrons. The van der Waals surface area contributed by atoms with Crippen molar-refractivity contribution in [3.05, 3.63) is 83.4 Å². The predicted octanol–water partition coefficient (Wildman–Crippen LogP) is 5.73. The molecule has 0 saturated carbocycles. The number of hydrogen-bond donors (Lipinski definition) is 0. The lowest BCUT2D eigenvalue weighted by atomic mass is 9.92. The Kier molecular flexibility index (Phi) is 6.81. The van der Waals surface area contributed by atoms with Crippen molar-refractivity contribution < 1.29 is 19.1 Å². The Hall–Kier alpha value is -3.66. The van der Waals surface area contributed by atoms with Gasteiger partial charge in [0.1, 0.15) is 5.75 Å². The van der Waals surface area contributed by atoms with Crippen LogP contribution in [0.4, 0.5) is 0 Å². The highest BCUT2D eigenvalue weighted by molar-refractivity contribution is 5.92. The van der Waals surface area contributed by atoms with Crippen LogP contribution >= 0.6 is 0 Å². The first-order valence-electron chi connectivity index (χ1n) is 9.75. The fourth-order valence-corrected chi connectivity index (χ4v) is 3.32. The summed E-state index contributed by atoms with van der Waals surface area (Å²) in [6.45, 7) is 4.11. The summed E-state index contributed by atoms with van der Waals surface area (Å²) in [5, 5.41) is 0. The van der Waals surface area contributed by atoms with E-state index in [1.807, 2.05) is 61.5 Å². The number of benzene rings is 3. The van der Waals surface area contributed by atoms with Crippen LogP contribution in [-0.4, -0.2) is 26.0 Å². The standard InChI is InChI=1S/C26H24O4/c1-4-30-26(28)13-9-21-16-23(29-3)10-12-24(21)20-8-11-25(22(15-20)17-27)19-7-5-6-18(2)14-19/h5-17H,4H2,1-3H3/b13-9+. The molecule has 3 aromatic carbocycles. The number of methoxy groups -OCH3 is 1. The van der Waals surface area contributed by atoms with Crippen molar-refractivity contribution in [3.8, 4) is 28.0 Å². The molecule has 4 nitrogen and oxygen atoms in total. The van der Waals surface area contributed by atoms with Gasteiger partial charge in [0, 0.05) is 11.6 Å². The van der Waals surface area contributed by atoms with E-state index in [0.29, 0.717) is 17.9 Å². The zero-order chi connectivity index (χ0) is 21.5. The van der Waals surface area contributed by atoms with E-state index in [9.17, 15) is 9.59 Å². The zero-order valence-corrected chi connectivity index (χ0v) is 17.3. The molecule has 0 bridgehead atoms. The Morgan fingerprint density at radius 2 is 1.67 bits per heavy atom. The van der Waals surface area contributed by atoms with Gasteiger partial charge in [-0.3, -0.25) is 4.79 Å². The van der Waals surface area contributed by atoms with Crippen molar-refractivity contribution in [2.75, 3.05) is 13.7 Å². The minimum atomic E-state index is -0.408. The molecule has 3 rings (SSSR count). The maximum Gasteiger partial charge on any atom is 0.330 e. The van der Waals surface area contributed by atoms with Gasteiger partial charge in [0.15, 0.2) is 6.29 Å². The van der Waals surface area contributed by atoms with Crippen LogP contribution in [0.1, 0.15) is 28.4 Å². The molecule has 152 valence electrons. The van der Waals surface area contributed by atoms with Gasteiger partial charge in [0.25, 0.3) is 0 Å². The average molecular weight is 400 g/mol. The van der Waals surface area contributed by atoms with E-state index in [4.69, 9.17) is 9.47 Å². The molecule has 0 N–H and O–H groups in total. The van der Waals surface area contributed by atoms with Crippen molar-refractivity contribution >= 4 is 18.3 Å². The lowest BCUT2D eigenvalue weighted by molar-refractivity contribution is -0.137. The summed E-state index contributed by atoms with van der Waals surface area (Å²) in [5.74, 6) is 0.267. The Balaban J connectivity index is 2.06. The molecule has 0 unspecified atom stereocenters. The SMILES string of the molecule is CCOC(=O)/C=C/c1cc(OC)ccc1-c1ccc(-c2cccc(C)c2)c(C=O)c1. The molecule has 0 heterocycles. The third-order valence-corrected chi connectivity index (χ3v) is 4.76. The molecule has 4 heteroatoms. The first-order valence-corrected chi connectivity index (χ1v) is 9.75. The molecule has 0 saturated heterocycles. The van der Waals surface area contributed by atoms with E-state index in [0.717, 1.165) is 39.7 Å². The van der Waals surface area contributed by atoms with E-state index in [1.54, 1.807) is 20.1 Å². The maximum absolute atomic E-state index is 11.8. The van der Waals surface area contributed by atoms with Crippen LogP contribution in [0.3, 0.4) is 0 Å². The van der Waals surface area contributed by atoms with Crippen LogP contribution in [0.15, 0.2) is 66.7 Å². The molecule has 0 spiro atoms. The van der Waals surface area contributed by atoms with Crippen LogP contribution in [0.5, 0.6) is 5.75 Å². The van der Waals surface area contributed by atoms with E-state index >= 15 is 0 Å². The molecular formula is C26H24O4. The third kappa shape index (κ3) is 4.84. The lowest BCUT2D eigenvalue weighted by Gasteiger charge is -2.12. The average Bonchev–Trinajstić information content (AvgIpc) is 2.77. The monoisotopic (exact) mass is 400 g/mol. The summed E-state index contributed by atoms with van der Waals surface area (Å²) in [5.41, 5.74) is 6.18. The predicted molar refractivity (Wildman–Crippen MR) is 120 cm³/mol. The van der Waals surface area contributed by atoms with Gasteiger partial charge in [-0.2, -0.15) is 0 Å². The maximum atomic E-state index is 11.8. The minimum absolute atomic E-state index is 0.317. The zero-order valence-electron chi connectivity index (χ0n) is 17.3. The largest absolute Gasteiger partial charge is 0.497 e. The molecule has 0 atom stereocenters. The number of rotatable bonds is 7.